The molecular weight excluding hydrogens is 962 g/mol. The van der Waals surface area contributed by atoms with Crippen molar-refractivity contribution in [1.82, 2.24) is 14.5 Å². The van der Waals surface area contributed by atoms with Gasteiger partial charge >= 0.3 is 0 Å². The number of fused-ring (bicyclic) bond motifs is 1. The van der Waals surface area contributed by atoms with E-state index in [9.17, 15) is 5.11 Å². The van der Waals surface area contributed by atoms with Crippen LogP contribution in [0.4, 0.5) is 0 Å². The van der Waals surface area contributed by atoms with Gasteiger partial charge in [-0.05, 0) is 105 Å². The predicted octanol–water partition coefficient (Wildman–Crippen LogP) is 15.7. The second kappa shape index (κ2) is 17.8. The van der Waals surface area contributed by atoms with Crippen molar-refractivity contribution in [3.05, 3.63) is 167 Å². The number of pyridine rings is 1. The van der Waals surface area contributed by atoms with E-state index in [1.807, 2.05) is 31.2 Å². The van der Waals surface area contributed by atoms with Gasteiger partial charge in [0.15, 0.2) is 0 Å². The van der Waals surface area contributed by atoms with Crippen LogP contribution in [0.5, 0.6) is 5.75 Å². The normalized spacial score (nSPS) is 14.9. The average Bonchev–Trinajstić information content (AvgIpc) is 3.67. The van der Waals surface area contributed by atoms with Crippen LogP contribution in [0.25, 0.3) is 72.7 Å². The maximum atomic E-state index is 12.1. The van der Waals surface area contributed by atoms with Crippen molar-refractivity contribution in [2.24, 2.45) is 5.92 Å². The number of aromatic nitrogens is 3. The van der Waals surface area contributed by atoms with Crippen LogP contribution in [0.2, 0.25) is 0 Å². The van der Waals surface area contributed by atoms with Crippen molar-refractivity contribution in [2.75, 3.05) is 0 Å². The van der Waals surface area contributed by atoms with Gasteiger partial charge in [0.05, 0.1) is 22.3 Å². The summed E-state index contributed by atoms with van der Waals surface area (Å²) in [6.45, 7) is 9.21. The summed E-state index contributed by atoms with van der Waals surface area (Å²) in [5.41, 5.74) is 9.51. The fourth-order valence-electron chi connectivity index (χ4n) is 8.31. The number of hydrogen-bond acceptors (Lipinski definition) is 3. The van der Waals surface area contributed by atoms with E-state index in [0.717, 1.165) is 56.6 Å². The van der Waals surface area contributed by atoms with E-state index in [4.69, 9.17) is 22.3 Å². The van der Waals surface area contributed by atoms with E-state index in [1.165, 1.54) is 17.7 Å². The Morgan fingerprint density at radius 3 is 2.00 bits per heavy atom. The molecule has 0 atom stereocenters. The van der Waals surface area contributed by atoms with E-state index in [1.54, 1.807) is 24.4 Å². The molecule has 0 radical (unpaired) electrons. The fraction of sp³-hybridized carbons (Fsp3) is 0.288. The Bertz CT molecular complexity index is 3270. The molecule has 2 heterocycles. The first-order valence-electron chi connectivity index (χ1n) is 26.2. The van der Waals surface area contributed by atoms with E-state index in [2.05, 4.69) is 139 Å². The van der Waals surface area contributed by atoms with Crippen molar-refractivity contribution in [3.63, 3.8) is 0 Å². The second-order valence-corrected chi connectivity index (χ2v) is 19.4. The number of benzene rings is 6. The summed E-state index contributed by atoms with van der Waals surface area (Å²) in [7, 11) is 0. The molecule has 0 spiro atoms. The van der Waals surface area contributed by atoms with Crippen LogP contribution in [-0.2, 0) is 43.7 Å². The third kappa shape index (κ3) is 9.45. The fourth-order valence-corrected chi connectivity index (χ4v) is 8.31. The third-order valence-electron chi connectivity index (χ3n) is 11.8. The number of aryl methyl sites for hydroxylation is 1. The first-order chi connectivity index (χ1) is 33.5. The van der Waals surface area contributed by atoms with Gasteiger partial charge in [-0.1, -0.05) is 172 Å². The molecule has 330 valence electrons. The van der Waals surface area contributed by atoms with E-state index in [-0.39, 0.29) is 43.2 Å². The summed E-state index contributed by atoms with van der Waals surface area (Å²) in [6, 6.07) is 44.6. The molecule has 6 aromatic carbocycles. The number of imidazole rings is 1. The van der Waals surface area contributed by atoms with Crippen LogP contribution in [0.1, 0.15) is 116 Å². The number of phenolic OH excluding ortho intramolecular Hbond substituents is 1. The molecule has 0 unspecified atom stereocenters. The van der Waals surface area contributed by atoms with Gasteiger partial charge in [-0.25, -0.2) is 4.98 Å². The molecule has 8 aromatic rings. The molecule has 64 heavy (non-hydrogen) atoms. The molecule has 4 nitrogen and oxygen atoms in total. The summed E-state index contributed by atoms with van der Waals surface area (Å²) in [4.78, 5) is 10.4. The zero-order valence-corrected chi connectivity index (χ0v) is 40.4. The predicted molar refractivity (Wildman–Crippen MR) is 266 cm³/mol. The molecule has 0 aliphatic carbocycles. The molecule has 5 heteroatoms. The van der Waals surface area contributed by atoms with Crippen molar-refractivity contribution < 1.29 is 38.5 Å². The molecule has 1 N–H and O–H groups in total. The first kappa shape index (κ1) is 35.7. The van der Waals surface area contributed by atoms with Gasteiger partial charge in [0, 0.05) is 50.9 Å². The maximum Gasteiger partial charge on any atom is 0.148 e. The Hall–Kier alpha value is -5.57. The monoisotopic (exact) mass is 1030 g/mol. The smallest absolute Gasteiger partial charge is 0.148 e. The molecule has 0 fully saturated rings. The number of para-hydroxylation sites is 1. The first-order valence-corrected chi connectivity index (χ1v) is 21.7. The number of nitrogens with zero attached hydrogens (tertiary/aromatic N) is 3. The minimum atomic E-state index is -3.37. The zero-order valence-electron chi connectivity index (χ0n) is 47.1. The largest absolute Gasteiger partial charge is 0.507 e. The number of hydrogen-bond donors (Lipinski definition) is 1. The van der Waals surface area contributed by atoms with Gasteiger partial charge in [-0.15, -0.1) is 29.3 Å². The van der Waals surface area contributed by atoms with Crippen molar-refractivity contribution in [2.45, 2.75) is 106 Å². The Labute approximate surface area is 408 Å². The summed E-state index contributed by atoms with van der Waals surface area (Å²) in [5.74, 6) is 1.21. The van der Waals surface area contributed by atoms with Crippen molar-refractivity contribution in [3.8, 4) is 67.5 Å². The minimum Gasteiger partial charge on any atom is -0.507 e. The molecule has 0 saturated heterocycles. The maximum absolute atomic E-state index is 12.1. The SMILES string of the molecule is [2H]C([2H])([2H])C(c1ccc(-c2ccnc(-c3[c-]c(-c4cccc5c4nc(-c4cc(C(C)(C)C)cc(C)c4O)n5-c4ccc(CC(C)C)cc4-c4ccccc4)cc(C(C)(C)C)c3)c2)cc1)(C([2H])([2H])[2H])C([2H])([2H])[2H].[Pt]. The number of rotatable bonds is 8. The molecule has 2 aromatic heterocycles. The van der Waals surface area contributed by atoms with Crippen LogP contribution < -0.4 is 0 Å². The number of aromatic hydroxyl groups is 1. The molecular formula is C59H62N3OPt-. The van der Waals surface area contributed by atoms with Crippen LogP contribution in [0.3, 0.4) is 0 Å². The molecule has 8 rings (SSSR count). The van der Waals surface area contributed by atoms with Crippen molar-refractivity contribution in [1.29, 1.82) is 0 Å². The summed E-state index contributed by atoms with van der Waals surface area (Å²) in [6.07, 6.45) is 2.58. The Morgan fingerprint density at radius 1 is 0.641 bits per heavy atom. The number of phenols is 1. The quantitative estimate of drug-likeness (QED) is 0.154. The van der Waals surface area contributed by atoms with E-state index < -0.39 is 26.0 Å². The molecule has 0 bridgehead atoms. The van der Waals surface area contributed by atoms with Crippen LogP contribution in [-0.4, -0.2) is 19.6 Å². The second-order valence-electron chi connectivity index (χ2n) is 19.4. The zero-order chi connectivity index (χ0) is 52.5. The molecule has 0 amide bonds. The van der Waals surface area contributed by atoms with Gasteiger partial charge < -0.3 is 5.11 Å². The third-order valence-corrected chi connectivity index (χ3v) is 11.8. The van der Waals surface area contributed by atoms with Crippen LogP contribution in [0.15, 0.2) is 134 Å². The van der Waals surface area contributed by atoms with E-state index >= 15 is 0 Å². The molecule has 0 saturated carbocycles. The summed E-state index contributed by atoms with van der Waals surface area (Å²) >= 11 is 0. The van der Waals surface area contributed by atoms with Gasteiger partial charge in [0.1, 0.15) is 11.6 Å². The standard InChI is InChI=1S/C59H62N3O.Pt/c1-37(2)29-39-21-26-52(49(31-39)41-17-14-13-15-18-41)62-53-20-16-19-48(54(53)61-56(62)50-36-46(58(7,8)9)30-38(3)55(50)63)43-32-44(34-47(33-43)59(10,11)12)51-35-42(27-28-60-51)40-22-24-45(25-23-40)57(4,5)6;/h13-28,30-31,33-37,63H,29H2,1-12H3;/q-1;/i4D3,5D3,6D3;. The average molecular weight is 1030 g/mol. The summed E-state index contributed by atoms with van der Waals surface area (Å²) < 4.78 is 76.0. The van der Waals surface area contributed by atoms with Gasteiger partial charge in [-0.3, -0.25) is 9.55 Å². The Kier molecular flexibility index (Phi) is 9.93. The topological polar surface area (TPSA) is 50.9 Å². The minimum absolute atomic E-state index is 0. The summed E-state index contributed by atoms with van der Waals surface area (Å²) in [5, 5.41) is 12.1. The van der Waals surface area contributed by atoms with Gasteiger partial charge in [0.2, 0.25) is 0 Å². The Morgan fingerprint density at radius 2 is 1.33 bits per heavy atom. The van der Waals surface area contributed by atoms with E-state index in [0.29, 0.717) is 45.2 Å². The Balaban J connectivity index is 0.00000780. The molecule has 0 aliphatic heterocycles. The van der Waals surface area contributed by atoms with Gasteiger partial charge in [-0.2, -0.15) is 0 Å². The van der Waals surface area contributed by atoms with Crippen LogP contribution in [0, 0.1) is 18.9 Å². The van der Waals surface area contributed by atoms with Crippen LogP contribution >= 0.6 is 0 Å². The van der Waals surface area contributed by atoms with Crippen molar-refractivity contribution >= 4 is 11.0 Å². The van der Waals surface area contributed by atoms with Gasteiger partial charge in [0.25, 0.3) is 0 Å². The molecule has 0 aliphatic rings.